The van der Waals surface area contributed by atoms with Gasteiger partial charge in [0.25, 0.3) is 0 Å². The molecule has 0 aromatic rings. The van der Waals surface area contributed by atoms with Gasteiger partial charge in [-0.25, -0.2) is 0 Å². The van der Waals surface area contributed by atoms with Crippen molar-refractivity contribution in [3.05, 3.63) is 0 Å². The van der Waals surface area contributed by atoms with Gasteiger partial charge in [0.05, 0.1) is 12.2 Å². The molecule has 3 nitrogen and oxygen atoms in total. The predicted molar refractivity (Wildman–Crippen MR) is 40.7 cm³/mol. The van der Waals surface area contributed by atoms with Crippen LogP contribution in [0, 0.1) is 0 Å². The van der Waals surface area contributed by atoms with Crippen molar-refractivity contribution in [2.45, 2.75) is 25.0 Å². The highest BCUT2D eigenvalue weighted by Gasteiger charge is 2.34. The topological polar surface area (TPSA) is 29.5 Å². The summed E-state index contributed by atoms with van der Waals surface area (Å²) in [5.41, 5.74) is 0. The fourth-order valence-corrected chi connectivity index (χ4v) is 1.90. The van der Waals surface area contributed by atoms with Crippen molar-refractivity contribution >= 4 is 17.0 Å². The van der Waals surface area contributed by atoms with Crippen LogP contribution in [-0.4, -0.2) is 35.6 Å². The third kappa shape index (κ3) is 1.35. The molecule has 0 spiro atoms. The lowest BCUT2D eigenvalue weighted by atomic mass is 10.2. The summed E-state index contributed by atoms with van der Waals surface area (Å²) in [5, 5.41) is -0.342. The smallest absolute Gasteiger partial charge is 0.316 e. The Labute approximate surface area is 70.3 Å². The molecule has 2 bridgehead atoms. The molecule has 2 aliphatic heterocycles. The predicted octanol–water partition coefficient (Wildman–Crippen LogP) is 1.21. The number of carbonyl (C=O) groups is 1. The Kier molecular flexibility index (Phi) is 1.77. The molecule has 0 aromatic heterocycles. The van der Waals surface area contributed by atoms with E-state index < -0.39 is 0 Å². The van der Waals surface area contributed by atoms with Crippen LogP contribution in [0.15, 0.2) is 0 Å². The van der Waals surface area contributed by atoms with Gasteiger partial charge >= 0.3 is 5.37 Å². The Bertz CT molecular complexity index is 173. The number of likely N-dealkylation sites (tertiary alicyclic amines) is 1. The molecule has 0 radical (unpaired) electrons. The van der Waals surface area contributed by atoms with Gasteiger partial charge in [0.1, 0.15) is 0 Å². The van der Waals surface area contributed by atoms with Crippen molar-refractivity contribution in [2.75, 3.05) is 13.1 Å². The SMILES string of the molecule is O=C(Cl)N1CC2CCC(C1)O2. The zero-order chi connectivity index (χ0) is 7.84. The van der Waals surface area contributed by atoms with Gasteiger partial charge < -0.3 is 9.64 Å². The molecule has 2 saturated heterocycles. The van der Waals surface area contributed by atoms with Crippen LogP contribution in [0.2, 0.25) is 0 Å². The van der Waals surface area contributed by atoms with Crippen molar-refractivity contribution in [1.29, 1.82) is 0 Å². The lowest BCUT2D eigenvalue weighted by Gasteiger charge is -2.30. The van der Waals surface area contributed by atoms with Crippen molar-refractivity contribution in [2.24, 2.45) is 0 Å². The van der Waals surface area contributed by atoms with E-state index >= 15 is 0 Å². The summed E-state index contributed by atoms with van der Waals surface area (Å²) in [7, 11) is 0. The minimum atomic E-state index is -0.342. The Morgan fingerprint density at radius 1 is 1.36 bits per heavy atom. The zero-order valence-electron chi connectivity index (χ0n) is 6.12. The van der Waals surface area contributed by atoms with E-state index in [1.165, 1.54) is 0 Å². The first-order chi connectivity index (χ1) is 5.25. The van der Waals surface area contributed by atoms with E-state index in [1.807, 2.05) is 0 Å². The molecule has 0 saturated carbocycles. The first-order valence-corrected chi connectivity index (χ1v) is 4.23. The Morgan fingerprint density at radius 2 is 1.91 bits per heavy atom. The minimum absolute atomic E-state index is 0.247. The average molecular weight is 176 g/mol. The Hall–Kier alpha value is -0.280. The monoisotopic (exact) mass is 175 g/mol. The molecule has 2 heterocycles. The maximum absolute atomic E-state index is 10.8. The largest absolute Gasteiger partial charge is 0.371 e. The Morgan fingerprint density at radius 3 is 2.36 bits per heavy atom. The van der Waals surface area contributed by atoms with Crippen LogP contribution in [0.4, 0.5) is 4.79 Å². The van der Waals surface area contributed by atoms with Gasteiger partial charge in [0, 0.05) is 13.1 Å². The maximum atomic E-state index is 10.8. The molecule has 2 unspecified atom stereocenters. The number of halogens is 1. The van der Waals surface area contributed by atoms with Gasteiger partial charge in [0.2, 0.25) is 0 Å². The van der Waals surface area contributed by atoms with Crippen molar-refractivity contribution in [1.82, 2.24) is 4.90 Å². The first-order valence-electron chi connectivity index (χ1n) is 3.85. The van der Waals surface area contributed by atoms with Crippen LogP contribution in [0.5, 0.6) is 0 Å². The molecule has 62 valence electrons. The van der Waals surface area contributed by atoms with E-state index in [-0.39, 0.29) is 17.6 Å². The van der Waals surface area contributed by atoms with Gasteiger partial charge in [-0.3, -0.25) is 4.79 Å². The van der Waals surface area contributed by atoms with Crippen LogP contribution in [0.25, 0.3) is 0 Å². The Balaban J connectivity index is 2.02. The van der Waals surface area contributed by atoms with E-state index in [2.05, 4.69) is 0 Å². The molecule has 11 heavy (non-hydrogen) atoms. The molecule has 2 rings (SSSR count). The van der Waals surface area contributed by atoms with E-state index in [0.717, 1.165) is 12.8 Å². The van der Waals surface area contributed by atoms with E-state index in [4.69, 9.17) is 16.3 Å². The highest BCUT2D eigenvalue weighted by atomic mass is 35.5. The minimum Gasteiger partial charge on any atom is -0.371 e. The van der Waals surface area contributed by atoms with E-state index in [1.54, 1.807) is 4.90 Å². The summed E-state index contributed by atoms with van der Waals surface area (Å²) < 4.78 is 5.53. The normalized spacial score (nSPS) is 35.9. The third-order valence-corrected chi connectivity index (χ3v) is 2.53. The number of carbonyl (C=O) groups excluding carboxylic acids is 1. The molecular weight excluding hydrogens is 166 g/mol. The molecule has 0 aromatic carbocycles. The number of ether oxygens (including phenoxy) is 1. The van der Waals surface area contributed by atoms with Crippen molar-refractivity contribution in [3.8, 4) is 0 Å². The molecule has 1 amide bonds. The molecule has 2 atom stereocenters. The number of morpholine rings is 1. The summed E-state index contributed by atoms with van der Waals surface area (Å²) in [5.74, 6) is 0. The summed E-state index contributed by atoms with van der Waals surface area (Å²) in [6, 6.07) is 0. The van der Waals surface area contributed by atoms with Crippen LogP contribution in [-0.2, 0) is 4.74 Å². The van der Waals surface area contributed by atoms with Gasteiger partial charge in [-0.1, -0.05) is 0 Å². The molecule has 2 aliphatic rings. The number of nitrogens with zero attached hydrogens (tertiary/aromatic N) is 1. The molecular formula is C7H10ClNO2. The van der Waals surface area contributed by atoms with Crippen LogP contribution in [0.3, 0.4) is 0 Å². The van der Waals surface area contributed by atoms with E-state index in [0.29, 0.717) is 13.1 Å². The van der Waals surface area contributed by atoms with Gasteiger partial charge in [-0.05, 0) is 24.4 Å². The summed E-state index contributed by atoms with van der Waals surface area (Å²) >= 11 is 5.35. The fourth-order valence-electron chi connectivity index (χ4n) is 1.76. The highest BCUT2D eigenvalue weighted by Crippen LogP contribution is 2.26. The lowest BCUT2D eigenvalue weighted by molar-refractivity contribution is -0.0204. The maximum Gasteiger partial charge on any atom is 0.316 e. The van der Waals surface area contributed by atoms with E-state index in [9.17, 15) is 4.79 Å². The average Bonchev–Trinajstić information content (AvgIpc) is 2.30. The van der Waals surface area contributed by atoms with Crippen LogP contribution in [0.1, 0.15) is 12.8 Å². The van der Waals surface area contributed by atoms with Crippen LogP contribution < -0.4 is 0 Å². The standard InChI is InChI=1S/C7H10ClNO2/c8-7(10)9-3-5-1-2-6(4-9)11-5/h5-6H,1-4H2. The summed E-state index contributed by atoms with van der Waals surface area (Å²) in [4.78, 5) is 12.4. The molecule has 2 fully saturated rings. The zero-order valence-corrected chi connectivity index (χ0v) is 6.88. The second-order valence-electron chi connectivity index (χ2n) is 3.12. The molecule has 4 heteroatoms. The van der Waals surface area contributed by atoms with Crippen LogP contribution >= 0.6 is 11.6 Å². The number of rotatable bonds is 0. The number of hydrogen-bond donors (Lipinski definition) is 0. The quantitative estimate of drug-likeness (QED) is 0.409. The van der Waals surface area contributed by atoms with Crippen molar-refractivity contribution < 1.29 is 9.53 Å². The fraction of sp³-hybridized carbons (Fsp3) is 0.857. The lowest BCUT2D eigenvalue weighted by Crippen LogP contribution is -2.43. The second kappa shape index (κ2) is 2.64. The highest BCUT2D eigenvalue weighted by molar-refractivity contribution is 6.62. The van der Waals surface area contributed by atoms with Gasteiger partial charge in [-0.15, -0.1) is 0 Å². The second-order valence-corrected chi connectivity index (χ2v) is 3.44. The number of fused-ring (bicyclic) bond motifs is 2. The van der Waals surface area contributed by atoms with Gasteiger partial charge in [-0.2, -0.15) is 0 Å². The summed E-state index contributed by atoms with van der Waals surface area (Å²) in [6.07, 6.45) is 2.64. The third-order valence-electron chi connectivity index (χ3n) is 2.29. The van der Waals surface area contributed by atoms with Gasteiger partial charge in [0.15, 0.2) is 0 Å². The first kappa shape index (κ1) is 7.37. The molecule has 0 N–H and O–H groups in total. The number of hydrogen-bond acceptors (Lipinski definition) is 2. The van der Waals surface area contributed by atoms with Crippen molar-refractivity contribution in [3.63, 3.8) is 0 Å². The molecule has 0 aliphatic carbocycles. The number of amides is 1. The summed E-state index contributed by atoms with van der Waals surface area (Å²) in [6.45, 7) is 1.36.